The van der Waals surface area contributed by atoms with E-state index in [2.05, 4.69) is 20.4 Å². The Labute approximate surface area is 145 Å². The van der Waals surface area contributed by atoms with E-state index in [0.717, 1.165) is 11.8 Å². The first-order valence-corrected chi connectivity index (χ1v) is 7.98. The van der Waals surface area contributed by atoms with E-state index in [1.165, 1.54) is 29.8 Å². The molecule has 1 N–H and O–H groups in total. The van der Waals surface area contributed by atoms with E-state index in [1.807, 2.05) is 0 Å². The largest absolute Gasteiger partial charge is 0.494 e. The lowest BCUT2D eigenvalue weighted by Gasteiger charge is -2.09. The van der Waals surface area contributed by atoms with E-state index in [4.69, 9.17) is 4.74 Å². The molecule has 3 rings (SSSR count). The molecule has 0 saturated carbocycles. The molecule has 2 heterocycles. The second-order valence-electron chi connectivity index (χ2n) is 4.74. The topological polar surface area (TPSA) is 125 Å². The number of anilines is 1. The Morgan fingerprint density at radius 2 is 2.32 bits per heavy atom. The van der Waals surface area contributed by atoms with Crippen LogP contribution in [-0.4, -0.2) is 43.3 Å². The Hall–Kier alpha value is -3.21. The van der Waals surface area contributed by atoms with Crippen molar-refractivity contribution in [3.05, 3.63) is 46.8 Å². The fraction of sp³-hybridized carbons (Fsp3) is 0.143. The molecular weight excluding hydrogens is 348 g/mol. The maximum Gasteiger partial charge on any atom is 0.273 e. The van der Waals surface area contributed by atoms with Crippen molar-refractivity contribution in [1.29, 1.82) is 0 Å². The second-order valence-corrected chi connectivity index (χ2v) is 5.68. The van der Waals surface area contributed by atoms with Gasteiger partial charge >= 0.3 is 0 Å². The maximum atomic E-state index is 12.1. The van der Waals surface area contributed by atoms with Gasteiger partial charge in [-0.25, -0.2) is 9.50 Å². The summed E-state index contributed by atoms with van der Waals surface area (Å²) in [7, 11) is 1.37. The monoisotopic (exact) mass is 360 g/mol. The van der Waals surface area contributed by atoms with Gasteiger partial charge in [0.05, 0.1) is 29.5 Å². The fourth-order valence-electron chi connectivity index (χ4n) is 1.99. The van der Waals surface area contributed by atoms with E-state index >= 15 is 0 Å². The first kappa shape index (κ1) is 16.6. The number of ether oxygens (including phenoxy) is 1. The standard InChI is InChI=1S/C14H12N6O4S/c1-24-11-7-9(20(22)23)3-4-10(11)16-12(21)8-25-14-17-13-15-5-2-6-19(13)18-14/h2-7H,8H2,1H3,(H,16,21). The summed E-state index contributed by atoms with van der Waals surface area (Å²) in [6.45, 7) is 0. The first-order chi connectivity index (χ1) is 12.1. The van der Waals surface area contributed by atoms with Gasteiger partial charge in [0.25, 0.3) is 11.5 Å². The van der Waals surface area contributed by atoms with Gasteiger partial charge in [-0.05, 0) is 12.1 Å². The van der Waals surface area contributed by atoms with Crippen molar-refractivity contribution < 1.29 is 14.5 Å². The minimum atomic E-state index is -0.535. The summed E-state index contributed by atoms with van der Waals surface area (Å²) in [5.41, 5.74) is 0.231. The van der Waals surface area contributed by atoms with Gasteiger partial charge in [0.2, 0.25) is 11.1 Å². The molecule has 0 aliphatic heterocycles. The third kappa shape index (κ3) is 3.83. The van der Waals surface area contributed by atoms with E-state index in [-0.39, 0.29) is 23.1 Å². The number of benzene rings is 1. The number of non-ortho nitro benzene ring substituents is 1. The molecule has 0 spiro atoms. The lowest BCUT2D eigenvalue weighted by Crippen LogP contribution is -2.15. The molecule has 10 nitrogen and oxygen atoms in total. The zero-order valence-corrected chi connectivity index (χ0v) is 13.8. The smallest absolute Gasteiger partial charge is 0.273 e. The van der Waals surface area contributed by atoms with E-state index < -0.39 is 4.92 Å². The van der Waals surface area contributed by atoms with Gasteiger partial charge in [-0.1, -0.05) is 11.8 Å². The van der Waals surface area contributed by atoms with Gasteiger partial charge in [-0.15, -0.1) is 5.10 Å². The van der Waals surface area contributed by atoms with Crippen molar-refractivity contribution >= 4 is 34.8 Å². The number of nitrogens with zero attached hydrogens (tertiary/aromatic N) is 5. The zero-order valence-electron chi connectivity index (χ0n) is 12.9. The highest BCUT2D eigenvalue weighted by Gasteiger charge is 2.14. The van der Waals surface area contributed by atoms with Gasteiger partial charge in [-0.3, -0.25) is 14.9 Å². The molecule has 0 unspecified atom stereocenters. The number of rotatable bonds is 6. The molecule has 0 bridgehead atoms. The molecule has 1 amide bonds. The molecule has 128 valence electrons. The third-order valence-corrected chi connectivity index (χ3v) is 3.94. The minimum Gasteiger partial charge on any atom is -0.494 e. The predicted octanol–water partition coefficient (Wildman–Crippen LogP) is 1.77. The molecule has 0 atom stereocenters. The van der Waals surface area contributed by atoms with Gasteiger partial charge in [0.15, 0.2) is 0 Å². The summed E-state index contributed by atoms with van der Waals surface area (Å²) in [4.78, 5) is 30.6. The van der Waals surface area contributed by atoms with Crippen LogP contribution in [0.1, 0.15) is 0 Å². The van der Waals surface area contributed by atoms with Crippen molar-refractivity contribution in [2.24, 2.45) is 0 Å². The molecule has 2 aromatic heterocycles. The molecule has 0 aliphatic rings. The Morgan fingerprint density at radius 3 is 3.04 bits per heavy atom. The van der Waals surface area contributed by atoms with Crippen LogP contribution in [0.4, 0.5) is 11.4 Å². The number of amides is 1. The molecule has 25 heavy (non-hydrogen) atoms. The molecule has 0 radical (unpaired) electrons. The summed E-state index contributed by atoms with van der Waals surface area (Å²) in [6, 6.07) is 5.69. The maximum absolute atomic E-state index is 12.1. The predicted molar refractivity (Wildman–Crippen MR) is 89.8 cm³/mol. The quantitative estimate of drug-likeness (QED) is 0.400. The van der Waals surface area contributed by atoms with E-state index in [1.54, 1.807) is 18.5 Å². The molecule has 11 heteroatoms. The van der Waals surface area contributed by atoms with Crippen molar-refractivity contribution in [2.45, 2.75) is 5.16 Å². The fourth-order valence-corrected chi connectivity index (χ4v) is 2.61. The number of nitro benzene ring substituents is 1. The Bertz CT molecular complexity index is 911. The summed E-state index contributed by atoms with van der Waals surface area (Å²) in [5.74, 6) is 0.408. The minimum absolute atomic E-state index is 0.0665. The Balaban J connectivity index is 1.65. The summed E-state index contributed by atoms with van der Waals surface area (Å²) in [5, 5.41) is 18.0. The number of carbonyl (C=O) groups excluding carboxylic acids is 1. The number of nitrogens with one attached hydrogen (secondary N) is 1. The zero-order chi connectivity index (χ0) is 17.8. The van der Waals surface area contributed by atoms with Crippen molar-refractivity contribution in [3.63, 3.8) is 0 Å². The lowest BCUT2D eigenvalue weighted by molar-refractivity contribution is -0.384. The molecular formula is C14H12N6O4S. The van der Waals surface area contributed by atoms with Crippen LogP contribution in [0.25, 0.3) is 5.78 Å². The van der Waals surface area contributed by atoms with Crippen LogP contribution < -0.4 is 10.1 Å². The van der Waals surface area contributed by atoms with Gasteiger partial charge in [0, 0.05) is 18.5 Å². The van der Waals surface area contributed by atoms with E-state index in [9.17, 15) is 14.9 Å². The molecule has 1 aromatic carbocycles. The summed E-state index contributed by atoms with van der Waals surface area (Å²) < 4.78 is 6.59. The number of methoxy groups -OCH3 is 1. The van der Waals surface area contributed by atoms with Crippen molar-refractivity contribution in [1.82, 2.24) is 19.6 Å². The number of thioether (sulfide) groups is 1. The van der Waals surface area contributed by atoms with Gasteiger partial charge < -0.3 is 10.1 Å². The average Bonchev–Trinajstić information content (AvgIpc) is 3.03. The molecule has 0 saturated heterocycles. The SMILES string of the molecule is COc1cc([N+](=O)[O-])ccc1NC(=O)CSc1nc2ncccn2n1. The number of hydrogen-bond donors (Lipinski definition) is 1. The van der Waals surface area contributed by atoms with Crippen LogP contribution in [0.3, 0.4) is 0 Å². The van der Waals surface area contributed by atoms with Crippen LogP contribution in [0.2, 0.25) is 0 Å². The number of fused-ring (bicyclic) bond motifs is 1. The van der Waals surface area contributed by atoms with Crippen molar-refractivity contribution in [3.8, 4) is 5.75 Å². The van der Waals surface area contributed by atoms with Crippen LogP contribution in [-0.2, 0) is 4.79 Å². The van der Waals surface area contributed by atoms with Crippen LogP contribution in [0, 0.1) is 10.1 Å². The normalized spacial score (nSPS) is 10.6. The Kier molecular flexibility index (Phi) is 4.75. The van der Waals surface area contributed by atoms with Crippen LogP contribution in [0.15, 0.2) is 41.8 Å². The number of aromatic nitrogens is 4. The van der Waals surface area contributed by atoms with E-state index in [0.29, 0.717) is 16.6 Å². The average molecular weight is 360 g/mol. The van der Waals surface area contributed by atoms with Gasteiger partial charge in [0.1, 0.15) is 5.75 Å². The highest BCUT2D eigenvalue weighted by atomic mass is 32.2. The number of nitro groups is 1. The Morgan fingerprint density at radius 1 is 1.48 bits per heavy atom. The van der Waals surface area contributed by atoms with Crippen molar-refractivity contribution in [2.75, 3.05) is 18.2 Å². The van der Waals surface area contributed by atoms with Gasteiger partial charge in [-0.2, -0.15) is 4.98 Å². The van der Waals surface area contributed by atoms with Crippen LogP contribution in [0.5, 0.6) is 5.75 Å². The summed E-state index contributed by atoms with van der Waals surface area (Å²) in [6.07, 6.45) is 3.31. The highest BCUT2D eigenvalue weighted by molar-refractivity contribution is 7.99. The lowest BCUT2D eigenvalue weighted by atomic mass is 10.2. The molecule has 0 aliphatic carbocycles. The number of carbonyl (C=O) groups is 1. The first-order valence-electron chi connectivity index (χ1n) is 6.99. The number of hydrogen-bond acceptors (Lipinski definition) is 8. The van der Waals surface area contributed by atoms with Crippen LogP contribution >= 0.6 is 11.8 Å². The highest BCUT2D eigenvalue weighted by Crippen LogP contribution is 2.29. The summed E-state index contributed by atoms with van der Waals surface area (Å²) >= 11 is 1.15. The molecule has 3 aromatic rings. The third-order valence-electron chi connectivity index (χ3n) is 3.10. The molecule has 0 fully saturated rings. The second kappa shape index (κ2) is 7.13.